The second kappa shape index (κ2) is 6.61. The molecule has 0 aromatic rings. The van der Waals surface area contributed by atoms with Crippen molar-refractivity contribution in [2.24, 2.45) is 5.92 Å². The molecule has 1 fully saturated rings. The summed E-state index contributed by atoms with van der Waals surface area (Å²) in [7, 11) is 0. The van der Waals surface area contributed by atoms with E-state index < -0.39 is 0 Å². The summed E-state index contributed by atoms with van der Waals surface area (Å²) in [6.07, 6.45) is 3.89. The second-order valence-electron chi connectivity index (χ2n) is 5.39. The average Bonchev–Trinajstić information content (AvgIpc) is 2.30. The van der Waals surface area contributed by atoms with Gasteiger partial charge in [0.05, 0.1) is 0 Å². The summed E-state index contributed by atoms with van der Waals surface area (Å²) in [5, 5.41) is 3.60. The van der Waals surface area contributed by atoms with Gasteiger partial charge in [-0.15, -0.1) is 0 Å². The summed E-state index contributed by atoms with van der Waals surface area (Å²) in [5.41, 5.74) is 0. The van der Waals surface area contributed by atoms with E-state index in [-0.39, 0.29) is 0 Å². The normalized spacial score (nSPS) is 29.6. The Hall–Kier alpha value is -0.0800. The summed E-state index contributed by atoms with van der Waals surface area (Å²) >= 11 is 0. The molecule has 1 heterocycles. The van der Waals surface area contributed by atoms with Crippen LogP contribution in [0.25, 0.3) is 0 Å². The van der Waals surface area contributed by atoms with Gasteiger partial charge in [0, 0.05) is 31.2 Å². The highest BCUT2D eigenvalue weighted by Crippen LogP contribution is 2.23. The summed E-state index contributed by atoms with van der Waals surface area (Å²) in [4.78, 5) is 2.75. The van der Waals surface area contributed by atoms with Gasteiger partial charge in [-0.25, -0.2) is 0 Å². The van der Waals surface area contributed by atoms with Crippen LogP contribution in [0.4, 0.5) is 0 Å². The molecule has 0 aromatic carbocycles. The van der Waals surface area contributed by atoms with E-state index in [1.54, 1.807) is 0 Å². The number of nitrogens with zero attached hydrogens (tertiary/aromatic N) is 1. The lowest BCUT2D eigenvalue weighted by Crippen LogP contribution is -2.59. The van der Waals surface area contributed by atoms with E-state index in [0.717, 1.165) is 18.0 Å². The summed E-state index contributed by atoms with van der Waals surface area (Å²) in [6, 6.07) is 2.14. The standard InChI is InChI=1S/C14H30N2/c1-6-13(7-2)12(5)16-10-11(4)15-9-14(16)8-3/h11-15H,6-10H2,1-5H3. The zero-order chi connectivity index (χ0) is 12.1. The molecule has 1 N–H and O–H groups in total. The van der Waals surface area contributed by atoms with E-state index in [2.05, 4.69) is 44.8 Å². The van der Waals surface area contributed by atoms with Gasteiger partial charge in [-0.1, -0.05) is 33.6 Å². The molecule has 1 aliphatic rings. The van der Waals surface area contributed by atoms with Gasteiger partial charge in [0.1, 0.15) is 0 Å². The molecule has 1 aliphatic heterocycles. The quantitative estimate of drug-likeness (QED) is 0.775. The first-order chi connectivity index (χ1) is 7.63. The van der Waals surface area contributed by atoms with Gasteiger partial charge in [0.2, 0.25) is 0 Å². The van der Waals surface area contributed by atoms with Crippen molar-refractivity contribution in [3.63, 3.8) is 0 Å². The van der Waals surface area contributed by atoms with Crippen molar-refractivity contribution in [2.75, 3.05) is 13.1 Å². The van der Waals surface area contributed by atoms with Crippen LogP contribution in [0.2, 0.25) is 0 Å². The van der Waals surface area contributed by atoms with Gasteiger partial charge in [0.15, 0.2) is 0 Å². The molecule has 96 valence electrons. The maximum absolute atomic E-state index is 3.60. The van der Waals surface area contributed by atoms with Crippen LogP contribution in [-0.4, -0.2) is 36.1 Å². The Bertz CT molecular complexity index is 189. The number of hydrogen-bond donors (Lipinski definition) is 1. The third-order valence-electron chi connectivity index (χ3n) is 4.38. The lowest BCUT2D eigenvalue weighted by Gasteiger charge is -2.45. The zero-order valence-corrected chi connectivity index (χ0v) is 11.8. The number of piperazine rings is 1. The summed E-state index contributed by atoms with van der Waals surface area (Å²) < 4.78 is 0. The van der Waals surface area contributed by atoms with Gasteiger partial charge in [-0.05, 0) is 26.2 Å². The van der Waals surface area contributed by atoms with Crippen molar-refractivity contribution in [1.29, 1.82) is 0 Å². The topological polar surface area (TPSA) is 15.3 Å². The molecule has 0 spiro atoms. The van der Waals surface area contributed by atoms with Gasteiger partial charge in [0.25, 0.3) is 0 Å². The molecule has 0 aromatic heterocycles. The minimum absolute atomic E-state index is 0.652. The SMILES string of the molecule is CCC(CC)C(C)N1CC(C)NCC1CC. The van der Waals surface area contributed by atoms with Crippen molar-refractivity contribution < 1.29 is 0 Å². The lowest BCUT2D eigenvalue weighted by atomic mass is 9.91. The van der Waals surface area contributed by atoms with Crippen LogP contribution >= 0.6 is 0 Å². The molecule has 0 bridgehead atoms. The van der Waals surface area contributed by atoms with Crippen molar-refractivity contribution in [2.45, 2.75) is 72.0 Å². The predicted octanol–water partition coefficient (Wildman–Crippen LogP) is 2.88. The molecule has 0 aliphatic carbocycles. The van der Waals surface area contributed by atoms with Gasteiger partial charge in [-0.2, -0.15) is 0 Å². The third kappa shape index (κ3) is 3.21. The van der Waals surface area contributed by atoms with E-state index in [1.165, 1.54) is 32.4 Å². The molecule has 1 rings (SSSR count). The molecule has 3 atom stereocenters. The molecule has 3 unspecified atom stereocenters. The maximum atomic E-state index is 3.60. The van der Waals surface area contributed by atoms with E-state index >= 15 is 0 Å². The molecule has 16 heavy (non-hydrogen) atoms. The Morgan fingerprint density at radius 3 is 2.38 bits per heavy atom. The van der Waals surface area contributed by atoms with Crippen molar-refractivity contribution in [3.8, 4) is 0 Å². The van der Waals surface area contributed by atoms with Crippen LogP contribution in [0, 0.1) is 5.92 Å². The highest BCUT2D eigenvalue weighted by Gasteiger charge is 2.30. The molecule has 1 saturated heterocycles. The number of rotatable bonds is 5. The first-order valence-electron chi connectivity index (χ1n) is 7.13. The van der Waals surface area contributed by atoms with Crippen molar-refractivity contribution >= 4 is 0 Å². The lowest BCUT2D eigenvalue weighted by molar-refractivity contribution is 0.0583. The maximum Gasteiger partial charge on any atom is 0.0221 e. The zero-order valence-electron chi connectivity index (χ0n) is 11.8. The highest BCUT2D eigenvalue weighted by molar-refractivity contribution is 4.88. The van der Waals surface area contributed by atoms with Crippen LogP contribution in [-0.2, 0) is 0 Å². The van der Waals surface area contributed by atoms with E-state index in [1.807, 2.05) is 0 Å². The minimum Gasteiger partial charge on any atom is -0.311 e. The number of nitrogens with one attached hydrogen (secondary N) is 1. The Morgan fingerprint density at radius 1 is 1.25 bits per heavy atom. The monoisotopic (exact) mass is 226 g/mol. The fourth-order valence-corrected chi connectivity index (χ4v) is 3.10. The first kappa shape index (κ1) is 14.0. The highest BCUT2D eigenvalue weighted by atomic mass is 15.3. The van der Waals surface area contributed by atoms with Crippen LogP contribution < -0.4 is 5.32 Å². The Kier molecular flexibility index (Phi) is 5.77. The fraction of sp³-hybridized carbons (Fsp3) is 1.00. The first-order valence-corrected chi connectivity index (χ1v) is 7.13. The second-order valence-corrected chi connectivity index (χ2v) is 5.39. The Balaban J connectivity index is 2.65. The van der Waals surface area contributed by atoms with Gasteiger partial charge in [-0.3, -0.25) is 4.90 Å². The third-order valence-corrected chi connectivity index (χ3v) is 4.38. The van der Waals surface area contributed by atoms with Gasteiger partial charge >= 0.3 is 0 Å². The number of hydrogen-bond acceptors (Lipinski definition) is 2. The largest absolute Gasteiger partial charge is 0.311 e. The minimum atomic E-state index is 0.652. The Labute approximate surface area is 102 Å². The molecule has 0 saturated carbocycles. The molecule has 2 heteroatoms. The van der Waals surface area contributed by atoms with Crippen LogP contribution in [0.15, 0.2) is 0 Å². The van der Waals surface area contributed by atoms with Crippen LogP contribution in [0.1, 0.15) is 53.9 Å². The molecule has 0 radical (unpaired) electrons. The van der Waals surface area contributed by atoms with E-state index in [4.69, 9.17) is 0 Å². The fourth-order valence-electron chi connectivity index (χ4n) is 3.10. The van der Waals surface area contributed by atoms with Gasteiger partial charge < -0.3 is 5.32 Å². The Morgan fingerprint density at radius 2 is 1.88 bits per heavy atom. The van der Waals surface area contributed by atoms with Crippen LogP contribution in [0.5, 0.6) is 0 Å². The average molecular weight is 226 g/mol. The van der Waals surface area contributed by atoms with Crippen molar-refractivity contribution in [1.82, 2.24) is 10.2 Å². The smallest absolute Gasteiger partial charge is 0.0221 e. The molecule has 2 nitrogen and oxygen atoms in total. The summed E-state index contributed by atoms with van der Waals surface area (Å²) in [6.45, 7) is 14.1. The molecular weight excluding hydrogens is 196 g/mol. The predicted molar refractivity (Wildman–Crippen MR) is 71.8 cm³/mol. The van der Waals surface area contributed by atoms with E-state index in [0.29, 0.717) is 6.04 Å². The van der Waals surface area contributed by atoms with Crippen LogP contribution in [0.3, 0.4) is 0 Å². The molecule has 0 amide bonds. The van der Waals surface area contributed by atoms with Crippen molar-refractivity contribution in [3.05, 3.63) is 0 Å². The summed E-state index contributed by atoms with van der Waals surface area (Å²) in [5.74, 6) is 0.861. The van der Waals surface area contributed by atoms with E-state index in [9.17, 15) is 0 Å². The molecular formula is C14H30N2.